The maximum absolute atomic E-state index is 12.3. The first-order valence-electron chi connectivity index (χ1n) is 8.58. The minimum atomic E-state index is -3.58. The number of hydrogen-bond acceptors (Lipinski definition) is 4. The van der Waals surface area contributed by atoms with Crippen LogP contribution in [0.25, 0.3) is 0 Å². The molecule has 0 unspecified atom stereocenters. The molecule has 1 saturated heterocycles. The summed E-state index contributed by atoms with van der Waals surface area (Å²) in [5.41, 5.74) is 1.48. The van der Waals surface area contributed by atoms with Crippen LogP contribution in [0.15, 0.2) is 59.5 Å². The predicted molar refractivity (Wildman–Crippen MR) is 99.4 cm³/mol. The number of hydrogen-bond donors (Lipinski definition) is 2. The summed E-state index contributed by atoms with van der Waals surface area (Å²) < 4.78 is 32.6. The van der Waals surface area contributed by atoms with Gasteiger partial charge >= 0.3 is 0 Å². The van der Waals surface area contributed by atoms with Crippen molar-refractivity contribution in [3.63, 3.8) is 0 Å². The second-order valence-electron chi connectivity index (χ2n) is 6.22. The second-order valence-corrected chi connectivity index (χ2v) is 7.99. The van der Waals surface area contributed by atoms with Gasteiger partial charge in [-0.25, -0.2) is 13.1 Å². The van der Waals surface area contributed by atoms with E-state index in [0.717, 1.165) is 18.4 Å². The van der Waals surface area contributed by atoms with Crippen molar-refractivity contribution in [2.45, 2.75) is 30.3 Å². The largest absolute Gasteiger partial charge is 0.377 e. The zero-order valence-electron chi connectivity index (χ0n) is 14.4. The molecule has 1 aliphatic heterocycles. The van der Waals surface area contributed by atoms with Crippen LogP contribution in [0, 0.1) is 0 Å². The van der Waals surface area contributed by atoms with E-state index in [9.17, 15) is 13.2 Å². The molecule has 26 heavy (non-hydrogen) atoms. The third-order valence-electron chi connectivity index (χ3n) is 4.18. The van der Waals surface area contributed by atoms with Crippen molar-refractivity contribution in [1.29, 1.82) is 0 Å². The average Bonchev–Trinajstić information content (AvgIpc) is 3.15. The van der Waals surface area contributed by atoms with E-state index >= 15 is 0 Å². The van der Waals surface area contributed by atoms with Gasteiger partial charge in [-0.1, -0.05) is 30.3 Å². The molecule has 1 fully saturated rings. The van der Waals surface area contributed by atoms with Crippen molar-refractivity contribution in [3.8, 4) is 0 Å². The van der Waals surface area contributed by atoms with E-state index in [2.05, 4.69) is 10.0 Å². The molecular weight excluding hydrogens is 352 g/mol. The van der Waals surface area contributed by atoms with Crippen molar-refractivity contribution in [2.24, 2.45) is 0 Å². The average molecular weight is 374 g/mol. The van der Waals surface area contributed by atoms with E-state index in [1.165, 1.54) is 12.1 Å². The summed E-state index contributed by atoms with van der Waals surface area (Å²) in [6.45, 7) is 0.960. The molecule has 0 radical (unpaired) electrons. The number of anilines is 1. The van der Waals surface area contributed by atoms with E-state index < -0.39 is 10.0 Å². The molecule has 138 valence electrons. The topological polar surface area (TPSA) is 84.5 Å². The number of rotatable bonds is 7. The third kappa shape index (κ3) is 5.14. The highest BCUT2D eigenvalue weighted by atomic mass is 32.2. The third-order valence-corrected chi connectivity index (χ3v) is 5.62. The SMILES string of the molecule is O=C(Cc1ccccc1)Nc1ccc(S(=O)(=O)NC[C@H]2CCCO2)cc1. The Hall–Kier alpha value is -2.22. The lowest BCUT2D eigenvalue weighted by atomic mass is 10.1. The van der Waals surface area contributed by atoms with Crippen LogP contribution in [0.5, 0.6) is 0 Å². The molecule has 0 aliphatic carbocycles. The van der Waals surface area contributed by atoms with Crippen LogP contribution in [0.2, 0.25) is 0 Å². The number of carbonyl (C=O) groups excluding carboxylic acids is 1. The van der Waals surface area contributed by atoms with Gasteiger partial charge in [-0.3, -0.25) is 4.79 Å². The first-order chi connectivity index (χ1) is 12.5. The Kier molecular flexibility index (Phi) is 6.03. The number of ether oxygens (including phenoxy) is 1. The van der Waals surface area contributed by atoms with Gasteiger partial charge in [0.1, 0.15) is 0 Å². The lowest BCUT2D eigenvalue weighted by Crippen LogP contribution is -2.31. The van der Waals surface area contributed by atoms with Crippen LogP contribution in [0.3, 0.4) is 0 Å². The molecule has 1 atom stereocenters. The molecule has 1 aliphatic rings. The van der Waals surface area contributed by atoms with E-state index in [-0.39, 0.29) is 29.9 Å². The van der Waals surface area contributed by atoms with Gasteiger partial charge in [-0.05, 0) is 42.7 Å². The number of carbonyl (C=O) groups is 1. The Balaban J connectivity index is 1.56. The molecule has 2 N–H and O–H groups in total. The summed E-state index contributed by atoms with van der Waals surface area (Å²) in [6, 6.07) is 15.6. The number of amides is 1. The Morgan fingerprint density at radius 1 is 1.08 bits per heavy atom. The highest BCUT2D eigenvalue weighted by Gasteiger charge is 2.20. The standard InChI is InChI=1S/C19H22N2O4S/c22-19(13-15-5-2-1-3-6-15)21-16-8-10-18(11-9-16)26(23,24)20-14-17-7-4-12-25-17/h1-3,5-6,8-11,17,20H,4,7,12-14H2,(H,21,22)/t17-/m1/s1. The van der Waals surface area contributed by atoms with Gasteiger partial charge in [-0.15, -0.1) is 0 Å². The zero-order chi connectivity index (χ0) is 18.4. The molecule has 2 aromatic rings. The van der Waals surface area contributed by atoms with Crippen molar-refractivity contribution >= 4 is 21.6 Å². The van der Waals surface area contributed by atoms with Gasteiger partial charge < -0.3 is 10.1 Å². The first kappa shape index (κ1) is 18.6. The summed E-state index contributed by atoms with van der Waals surface area (Å²) in [7, 11) is -3.58. The lowest BCUT2D eigenvalue weighted by molar-refractivity contribution is -0.115. The van der Waals surface area contributed by atoms with Crippen LogP contribution in [0.1, 0.15) is 18.4 Å². The number of nitrogens with one attached hydrogen (secondary N) is 2. The Bertz CT molecular complexity index is 830. The van der Waals surface area contributed by atoms with Crippen LogP contribution >= 0.6 is 0 Å². The van der Waals surface area contributed by atoms with E-state index in [4.69, 9.17) is 4.74 Å². The van der Waals surface area contributed by atoms with Gasteiger partial charge in [-0.2, -0.15) is 0 Å². The highest BCUT2D eigenvalue weighted by molar-refractivity contribution is 7.89. The van der Waals surface area contributed by atoms with Crippen molar-refractivity contribution in [1.82, 2.24) is 4.72 Å². The van der Waals surface area contributed by atoms with Crippen molar-refractivity contribution in [2.75, 3.05) is 18.5 Å². The minimum Gasteiger partial charge on any atom is -0.377 e. The van der Waals surface area contributed by atoms with Crippen molar-refractivity contribution in [3.05, 3.63) is 60.2 Å². The Morgan fingerprint density at radius 2 is 1.81 bits per heavy atom. The number of benzene rings is 2. The molecule has 0 spiro atoms. The van der Waals surface area contributed by atoms with Gasteiger partial charge in [0.05, 0.1) is 17.4 Å². The molecule has 6 nitrogen and oxygen atoms in total. The second kappa shape index (κ2) is 8.44. The maximum atomic E-state index is 12.3. The summed E-state index contributed by atoms with van der Waals surface area (Å²) in [4.78, 5) is 12.2. The Morgan fingerprint density at radius 3 is 2.46 bits per heavy atom. The smallest absolute Gasteiger partial charge is 0.240 e. The molecular formula is C19H22N2O4S. The van der Waals surface area contributed by atoms with Crippen LogP contribution in [-0.4, -0.2) is 33.6 Å². The quantitative estimate of drug-likeness (QED) is 0.779. The van der Waals surface area contributed by atoms with Crippen LogP contribution < -0.4 is 10.0 Å². The highest BCUT2D eigenvalue weighted by Crippen LogP contribution is 2.16. The lowest BCUT2D eigenvalue weighted by Gasteiger charge is -2.12. The van der Waals surface area contributed by atoms with Gasteiger partial charge in [0, 0.05) is 18.8 Å². The molecule has 0 saturated carbocycles. The molecule has 1 heterocycles. The summed E-state index contributed by atoms with van der Waals surface area (Å²) >= 11 is 0. The van der Waals surface area contributed by atoms with Crippen LogP contribution in [0.4, 0.5) is 5.69 Å². The molecule has 0 aromatic heterocycles. The fourth-order valence-electron chi connectivity index (χ4n) is 2.80. The molecule has 0 bridgehead atoms. The summed E-state index contributed by atoms with van der Waals surface area (Å²) in [5, 5.41) is 2.77. The van der Waals surface area contributed by atoms with Gasteiger partial charge in [0.25, 0.3) is 0 Å². The van der Waals surface area contributed by atoms with Crippen molar-refractivity contribution < 1.29 is 17.9 Å². The summed E-state index contributed by atoms with van der Waals surface area (Å²) in [5.74, 6) is -0.150. The normalized spacial score (nSPS) is 17.2. The number of sulfonamides is 1. The molecule has 3 rings (SSSR count). The molecule has 7 heteroatoms. The van der Waals surface area contributed by atoms with Crippen LogP contribution in [-0.2, 0) is 26.0 Å². The molecule has 2 aromatic carbocycles. The van der Waals surface area contributed by atoms with E-state index in [0.29, 0.717) is 12.3 Å². The minimum absolute atomic E-state index is 0.0543. The maximum Gasteiger partial charge on any atom is 0.240 e. The predicted octanol–water partition coefficient (Wildman–Crippen LogP) is 2.33. The first-order valence-corrected chi connectivity index (χ1v) is 10.1. The van der Waals surface area contributed by atoms with E-state index in [1.807, 2.05) is 30.3 Å². The van der Waals surface area contributed by atoms with E-state index in [1.54, 1.807) is 12.1 Å². The monoisotopic (exact) mass is 374 g/mol. The fraction of sp³-hybridized carbons (Fsp3) is 0.316. The fourth-order valence-corrected chi connectivity index (χ4v) is 3.86. The van der Waals surface area contributed by atoms with Gasteiger partial charge in [0.15, 0.2) is 0 Å². The molecule has 1 amide bonds. The van der Waals surface area contributed by atoms with Gasteiger partial charge in [0.2, 0.25) is 15.9 Å². The summed E-state index contributed by atoms with van der Waals surface area (Å²) in [6.07, 6.45) is 2.05. The zero-order valence-corrected chi connectivity index (χ0v) is 15.2. The Labute approximate surface area is 153 Å².